The summed E-state index contributed by atoms with van der Waals surface area (Å²) in [6, 6.07) is 16.1. The van der Waals surface area contributed by atoms with Crippen molar-refractivity contribution in [3.63, 3.8) is 0 Å². The van der Waals surface area contributed by atoms with Crippen LogP contribution in [0.4, 0.5) is 0 Å². The van der Waals surface area contributed by atoms with Crippen molar-refractivity contribution in [1.82, 2.24) is 14.5 Å². The van der Waals surface area contributed by atoms with Crippen molar-refractivity contribution in [1.29, 1.82) is 0 Å². The molecule has 1 aliphatic heterocycles. The molecule has 22 heavy (non-hydrogen) atoms. The summed E-state index contributed by atoms with van der Waals surface area (Å²) in [5.74, 6) is 0.0845. The number of benzene rings is 2. The van der Waals surface area contributed by atoms with Crippen LogP contribution in [0.25, 0.3) is 10.2 Å². The largest absolute Gasteiger partial charge is 0.332 e. The summed E-state index contributed by atoms with van der Waals surface area (Å²) >= 11 is 1.35. The van der Waals surface area contributed by atoms with Gasteiger partial charge in [-0.1, -0.05) is 34.8 Å². The minimum absolute atomic E-state index is 0.0845. The number of carbonyl (C=O) groups is 1. The number of rotatable bonds is 2. The zero-order valence-corrected chi connectivity index (χ0v) is 12.8. The lowest BCUT2D eigenvalue weighted by Crippen LogP contribution is -2.30. The van der Waals surface area contributed by atoms with Crippen LogP contribution in [0.5, 0.6) is 0 Å². The van der Waals surface area contributed by atoms with E-state index in [-0.39, 0.29) is 11.9 Å². The van der Waals surface area contributed by atoms with Crippen molar-refractivity contribution < 1.29 is 4.79 Å². The summed E-state index contributed by atoms with van der Waals surface area (Å²) in [5.41, 5.74) is 2.71. The molecule has 2 heterocycles. The van der Waals surface area contributed by atoms with E-state index in [0.717, 1.165) is 29.6 Å². The second-order valence-corrected chi connectivity index (χ2v) is 6.31. The first-order valence-corrected chi connectivity index (χ1v) is 8.18. The van der Waals surface area contributed by atoms with Gasteiger partial charge in [0.15, 0.2) is 0 Å². The predicted molar refractivity (Wildman–Crippen MR) is 86.9 cm³/mol. The fourth-order valence-electron chi connectivity index (χ4n) is 3.11. The van der Waals surface area contributed by atoms with Gasteiger partial charge in [0.1, 0.15) is 5.52 Å². The molecule has 1 aliphatic rings. The number of likely N-dealkylation sites (tertiary alicyclic amines) is 1. The molecule has 0 radical (unpaired) electrons. The Morgan fingerprint density at radius 2 is 2.05 bits per heavy atom. The Bertz CT molecular complexity index is 815. The lowest BCUT2D eigenvalue weighted by Gasteiger charge is -2.25. The fraction of sp³-hybridized carbons (Fsp3) is 0.235. The summed E-state index contributed by atoms with van der Waals surface area (Å²) in [6.45, 7) is 0.811. The van der Waals surface area contributed by atoms with Gasteiger partial charge in [0.25, 0.3) is 5.91 Å². The van der Waals surface area contributed by atoms with E-state index in [9.17, 15) is 4.79 Å². The quantitative estimate of drug-likeness (QED) is 0.725. The highest BCUT2D eigenvalue weighted by Crippen LogP contribution is 2.33. The van der Waals surface area contributed by atoms with Crippen LogP contribution in [0.3, 0.4) is 0 Å². The van der Waals surface area contributed by atoms with Crippen molar-refractivity contribution in [3.05, 3.63) is 59.7 Å². The van der Waals surface area contributed by atoms with Crippen LogP contribution in [0.1, 0.15) is 34.8 Å². The Balaban J connectivity index is 1.66. The summed E-state index contributed by atoms with van der Waals surface area (Å²) in [5, 5.41) is 4.06. The van der Waals surface area contributed by atoms with Crippen molar-refractivity contribution in [3.8, 4) is 0 Å². The maximum Gasteiger partial charge on any atom is 0.254 e. The molecule has 5 heteroatoms. The topological polar surface area (TPSA) is 46.1 Å². The second-order valence-electron chi connectivity index (χ2n) is 5.52. The van der Waals surface area contributed by atoms with Crippen LogP contribution in [-0.4, -0.2) is 26.9 Å². The molecule has 1 aromatic heterocycles. The SMILES string of the molecule is O=C(c1ccc2snnc2c1)N1CCC[C@@H]1c1ccccc1. The molecule has 1 saturated heterocycles. The molecular weight excluding hydrogens is 294 g/mol. The summed E-state index contributed by atoms with van der Waals surface area (Å²) in [4.78, 5) is 14.9. The predicted octanol–water partition coefficient (Wildman–Crippen LogP) is 3.67. The molecule has 2 aromatic carbocycles. The molecule has 110 valence electrons. The highest BCUT2D eigenvalue weighted by atomic mass is 32.1. The minimum atomic E-state index is 0.0845. The van der Waals surface area contributed by atoms with Gasteiger partial charge in [-0.15, -0.1) is 5.10 Å². The number of amides is 1. The van der Waals surface area contributed by atoms with Crippen molar-refractivity contribution in [2.45, 2.75) is 18.9 Å². The molecule has 0 spiro atoms. The summed E-state index contributed by atoms with van der Waals surface area (Å²) < 4.78 is 4.94. The first kappa shape index (κ1) is 13.4. The molecular formula is C17H15N3OS. The Morgan fingerprint density at radius 3 is 2.91 bits per heavy atom. The van der Waals surface area contributed by atoms with Gasteiger partial charge in [-0.25, -0.2) is 0 Å². The Kier molecular flexibility index (Phi) is 3.35. The van der Waals surface area contributed by atoms with Gasteiger partial charge in [0, 0.05) is 12.1 Å². The van der Waals surface area contributed by atoms with Gasteiger partial charge < -0.3 is 4.90 Å². The van der Waals surface area contributed by atoms with E-state index in [2.05, 4.69) is 21.7 Å². The lowest BCUT2D eigenvalue weighted by atomic mass is 10.0. The van der Waals surface area contributed by atoms with Gasteiger partial charge in [-0.05, 0) is 48.1 Å². The first-order valence-electron chi connectivity index (χ1n) is 7.41. The van der Waals surface area contributed by atoms with E-state index in [4.69, 9.17) is 0 Å². The molecule has 0 unspecified atom stereocenters. The molecule has 1 fully saturated rings. The van der Waals surface area contributed by atoms with Gasteiger partial charge in [0.2, 0.25) is 0 Å². The highest BCUT2D eigenvalue weighted by Gasteiger charge is 2.30. The summed E-state index contributed by atoms with van der Waals surface area (Å²) in [7, 11) is 0. The van der Waals surface area contributed by atoms with Crippen LogP contribution in [0, 0.1) is 0 Å². The monoisotopic (exact) mass is 309 g/mol. The molecule has 3 aromatic rings. The third-order valence-corrected chi connectivity index (χ3v) is 4.90. The number of hydrogen-bond acceptors (Lipinski definition) is 4. The second kappa shape index (κ2) is 5.50. The highest BCUT2D eigenvalue weighted by molar-refractivity contribution is 7.12. The fourth-order valence-corrected chi connectivity index (χ4v) is 3.65. The lowest BCUT2D eigenvalue weighted by molar-refractivity contribution is 0.0736. The number of carbonyl (C=O) groups excluding carboxylic acids is 1. The van der Waals surface area contributed by atoms with Crippen LogP contribution < -0.4 is 0 Å². The number of hydrogen-bond donors (Lipinski definition) is 0. The van der Waals surface area contributed by atoms with Crippen molar-refractivity contribution >= 4 is 27.7 Å². The Morgan fingerprint density at radius 1 is 1.18 bits per heavy atom. The molecule has 1 atom stereocenters. The van der Waals surface area contributed by atoms with E-state index < -0.39 is 0 Å². The van der Waals surface area contributed by atoms with E-state index in [1.165, 1.54) is 17.1 Å². The van der Waals surface area contributed by atoms with Gasteiger partial charge in [-0.3, -0.25) is 4.79 Å². The standard InChI is InChI=1S/C17H15N3OS/c21-17(13-8-9-16-14(11-13)18-19-22-16)20-10-4-7-15(20)12-5-2-1-3-6-12/h1-3,5-6,8-9,11,15H,4,7,10H2/t15-/m1/s1. The normalized spacial score (nSPS) is 18.0. The Labute approximate surface area is 132 Å². The molecule has 0 bridgehead atoms. The van der Waals surface area contributed by atoms with E-state index >= 15 is 0 Å². The molecule has 0 saturated carbocycles. The molecule has 4 rings (SSSR count). The average Bonchev–Trinajstić information content (AvgIpc) is 3.23. The zero-order chi connectivity index (χ0) is 14.9. The van der Waals surface area contributed by atoms with Gasteiger partial charge in [-0.2, -0.15) is 0 Å². The van der Waals surface area contributed by atoms with E-state index in [1.54, 1.807) is 0 Å². The minimum Gasteiger partial charge on any atom is -0.332 e. The number of fused-ring (bicyclic) bond motifs is 1. The van der Waals surface area contributed by atoms with Crippen LogP contribution >= 0.6 is 11.5 Å². The molecule has 0 aliphatic carbocycles. The summed E-state index contributed by atoms with van der Waals surface area (Å²) in [6.07, 6.45) is 2.07. The van der Waals surface area contributed by atoms with Crippen molar-refractivity contribution in [2.24, 2.45) is 0 Å². The van der Waals surface area contributed by atoms with E-state index in [1.807, 2.05) is 41.3 Å². The maximum absolute atomic E-state index is 12.9. The number of nitrogens with zero attached hydrogens (tertiary/aromatic N) is 3. The molecule has 4 nitrogen and oxygen atoms in total. The third-order valence-electron chi connectivity index (χ3n) is 4.19. The van der Waals surface area contributed by atoms with Gasteiger partial charge >= 0.3 is 0 Å². The van der Waals surface area contributed by atoms with Crippen LogP contribution in [-0.2, 0) is 0 Å². The van der Waals surface area contributed by atoms with E-state index in [0.29, 0.717) is 5.56 Å². The molecule has 1 amide bonds. The van der Waals surface area contributed by atoms with Crippen LogP contribution in [0.15, 0.2) is 48.5 Å². The Hall–Kier alpha value is -2.27. The zero-order valence-electron chi connectivity index (χ0n) is 12.0. The van der Waals surface area contributed by atoms with Crippen molar-refractivity contribution in [2.75, 3.05) is 6.54 Å². The third kappa shape index (κ3) is 2.27. The maximum atomic E-state index is 12.9. The first-order chi connectivity index (χ1) is 10.8. The van der Waals surface area contributed by atoms with Gasteiger partial charge in [0.05, 0.1) is 10.7 Å². The molecule has 0 N–H and O–H groups in total. The average molecular weight is 309 g/mol. The smallest absolute Gasteiger partial charge is 0.254 e. The van der Waals surface area contributed by atoms with Crippen LogP contribution in [0.2, 0.25) is 0 Å². The number of aromatic nitrogens is 2.